The van der Waals surface area contributed by atoms with Crippen LogP contribution in [0.2, 0.25) is 0 Å². The largest absolute Gasteiger partial charge is 0.450 e. The number of anilines is 1. The van der Waals surface area contributed by atoms with E-state index in [1.807, 2.05) is 19.1 Å². The van der Waals surface area contributed by atoms with Crippen molar-refractivity contribution in [3.05, 3.63) is 47.7 Å². The van der Waals surface area contributed by atoms with Crippen LogP contribution in [-0.4, -0.2) is 26.9 Å². The predicted molar refractivity (Wildman–Crippen MR) is 84.8 cm³/mol. The summed E-state index contributed by atoms with van der Waals surface area (Å²) < 4.78 is 31.7. The van der Waals surface area contributed by atoms with Crippen LogP contribution in [0.4, 0.5) is 5.69 Å². The molecule has 8 nitrogen and oxygen atoms in total. The molecular weight excluding hydrogens is 336 g/mol. The monoisotopic (exact) mass is 352 g/mol. The molecule has 0 aliphatic carbocycles. The Balaban J connectivity index is 1.94. The summed E-state index contributed by atoms with van der Waals surface area (Å²) in [5, 5.41) is 6.94. The summed E-state index contributed by atoms with van der Waals surface area (Å²) in [5.41, 5.74) is 1.58. The van der Waals surface area contributed by atoms with E-state index in [1.165, 1.54) is 0 Å². The first-order chi connectivity index (χ1) is 11.3. The summed E-state index contributed by atoms with van der Waals surface area (Å²) in [6.07, 6.45) is 0.735. The van der Waals surface area contributed by atoms with Crippen molar-refractivity contribution in [1.82, 2.24) is 0 Å². The van der Waals surface area contributed by atoms with Crippen molar-refractivity contribution in [2.24, 2.45) is 5.14 Å². The molecule has 0 fully saturated rings. The number of aryl methyl sites for hydroxylation is 1. The molecule has 0 aliphatic rings. The van der Waals surface area contributed by atoms with Crippen LogP contribution in [0.1, 0.15) is 23.0 Å². The van der Waals surface area contributed by atoms with Crippen LogP contribution in [0.15, 0.2) is 45.9 Å². The number of nitrogens with two attached hydrogens (primary N) is 1. The molecule has 0 aliphatic heterocycles. The van der Waals surface area contributed by atoms with Gasteiger partial charge in [-0.05, 0) is 30.2 Å². The highest BCUT2D eigenvalue weighted by Crippen LogP contribution is 2.16. The van der Waals surface area contributed by atoms with Gasteiger partial charge in [0, 0.05) is 5.69 Å². The van der Waals surface area contributed by atoms with E-state index >= 15 is 0 Å². The molecule has 0 saturated heterocycles. The zero-order valence-electron chi connectivity index (χ0n) is 12.8. The first kappa shape index (κ1) is 17.7. The van der Waals surface area contributed by atoms with Gasteiger partial charge >= 0.3 is 5.97 Å². The molecule has 1 amide bonds. The molecule has 24 heavy (non-hydrogen) atoms. The lowest BCUT2D eigenvalue weighted by Crippen LogP contribution is -2.21. The van der Waals surface area contributed by atoms with Gasteiger partial charge in [-0.2, -0.15) is 0 Å². The maximum atomic E-state index is 11.8. The van der Waals surface area contributed by atoms with Gasteiger partial charge in [-0.3, -0.25) is 4.79 Å². The Morgan fingerprint density at radius 2 is 1.92 bits per heavy atom. The number of hydrogen-bond donors (Lipinski definition) is 2. The summed E-state index contributed by atoms with van der Waals surface area (Å²) in [6, 6.07) is 9.38. The summed E-state index contributed by atoms with van der Waals surface area (Å²) in [4.78, 5) is 23.6. The van der Waals surface area contributed by atoms with E-state index in [1.54, 1.807) is 12.1 Å². The molecule has 0 atom stereocenters. The van der Waals surface area contributed by atoms with E-state index in [9.17, 15) is 18.0 Å². The zero-order chi connectivity index (χ0) is 17.7. The number of esters is 1. The molecule has 3 N–H and O–H groups in total. The number of benzene rings is 1. The SMILES string of the molecule is CCc1ccccc1NC(=O)COC(=O)c1ccc(S(N)(=O)=O)o1. The van der Waals surface area contributed by atoms with Gasteiger partial charge in [-0.15, -0.1) is 0 Å². The minimum absolute atomic E-state index is 0.360. The number of carbonyl (C=O) groups is 2. The van der Waals surface area contributed by atoms with Gasteiger partial charge in [-0.1, -0.05) is 25.1 Å². The maximum Gasteiger partial charge on any atom is 0.374 e. The fraction of sp³-hybridized carbons (Fsp3) is 0.200. The zero-order valence-corrected chi connectivity index (χ0v) is 13.6. The Bertz CT molecular complexity index is 856. The second kappa shape index (κ2) is 7.28. The molecule has 2 aromatic rings. The van der Waals surface area contributed by atoms with Crippen molar-refractivity contribution in [2.45, 2.75) is 18.4 Å². The number of carbonyl (C=O) groups excluding carboxylic acids is 2. The Morgan fingerprint density at radius 3 is 2.54 bits per heavy atom. The van der Waals surface area contributed by atoms with Gasteiger partial charge in [-0.25, -0.2) is 18.4 Å². The fourth-order valence-corrected chi connectivity index (χ4v) is 2.39. The van der Waals surface area contributed by atoms with Crippen LogP contribution in [0.3, 0.4) is 0 Å². The molecule has 2 rings (SSSR count). The van der Waals surface area contributed by atoms with Gasteiger partial charge in [0.2, 0.25) is 10.9 Å². The number of hydrogen-bond acceptors (Lipinski definition) is 6. The van der Waals surface area contributed by atoms with Crippen molar-refractivity contribution in [2.75, 3.05) is 11.9 Å². The van der Waals surface area contributed by atoms with Gasteiger partial charge in [0.05, 0.1) is 0 Å². The number of rotatable bonds is 6. The minimum Gasteiger partial charge on any atom is -0.450 e. The molecule has 0 spiro atoms. The van der Waals surface area contributed by atoms with Crippen molar-refractivity contribution >= 4 is 27.6 Å². The van der Waals surface area contributed by atoms with Crippen molar-refractivity contribution in [1.29, 1.82) is 0 Å². The number of para-hydroxylation sites is 1. The van der Waals surface area contributed by atoms with E-state index in [-0.39, 0.29) is 5.76 Å². The quantitative estimate of drug-likeness (QED) is 0.754. The average molecular weight is 352 g/mol. The minimum atomic E-state index is -4.05. The third-order valence-electron chi connectivity index (χ3n) is 3.07. The first-order valence-corrected chi connectivity index (χ1v) is 8.53. The standard InChI is InChI=1S/C15H16N2O6S/c1-2-10-5-3-4-6-11(10)17-13(18)9-22-15(19)12-7-8-14(23-12)24(16,20)21/h3-8H,2,9H2,1H3,(H,17,18)(H2,16,20,21). The van der Waals surface area contributed by atoms with Crippen LogP contribution >= 0.6 is 0 Å². The molecule has 128 valence electrons. The van der Waals surface area contributed by atoms with E-state index in [0.717, 1.165) is 24.1 Å². The number of nitrogens with one attached hydrogen (secondary N) is 1. The number of ether oxygens (including phenoxy) is 1. The molecule has 0 saturated carbocycles. The average Bonchev–Trinajstić information content (AvgIpc) is 3.03. The van der Waals surface area contributed by atoms with Crippen LogP contribution in [-0.2, 0) is 26.0 Å². The van der Waals surface area contributed by atoms with Crippen molar-refractivity contribution < 1.29 is 27.2 Å². The fourth-order valence-electron chi connectivity index (χ4n) is 1.92. The second-order valence-electron chi connectivity index (χ2n) is 4.80. The molecule has 1 heterocycles. The third kappa shape index (κ3) is 4.43. The van der Waals surface area contributed by atoms with Crippen LogP contribution in [0.5, 0.6) is 0 Å². The lowest BCUT2D eigenvalue weighted by Gasteiger charge is -2.09. The van der Waals surface area contributed by atoms with Crippen molar-refractivity contribution in [3.8, 4) is 0 Å². The maximum absolute atomic E-state index is 11.8. The van der Waals surface area contributed by atoms with Gasteiger partial charge in [0.1, 0.15) is 0 Å². The molecule has 1 aromatic carbocycles. The Hall–Kier alpha value is -2.65. The van der Waals surface area contributed by atoms with Crippen LogP contribution in [0.25, 0.3) is 0 Å². The molecule has 0 bridgehead atoms. The molecule has 1 aromatic heterocycles. The third-order valence-corrected chi connectivity index (χ3v) is 3.85. The van der Waals surface area contributed by atoms with Gasteiger partial charge < -0.3 is 14.5 Å². The predicted octanol–water partition coefficient (Wildman–Crippen LogP) is 1.28. The Morgan fingerprint density at radius 1 is 1.21 bits per heavy atom. The normalized spacial score (nSPS) is 11.1. The Kier molecular flexibility index (Phi) is 5.37. The number of furan rings is 1. The van der Waals surface area contributed by atoms with Gasteiger partial charge in [0.15, 0.2) is 6.61 Å². The number of sulfonamides is 1. The smallest absolute Gasteiger partial charge is 0.374 e. The van der Waals surface area contributed by atoms with E-state index in [2.05, 4.69) is 5.32 Å². The number of amides is 1. The van der Waals surface area contributed by atoms with E-state index < -0.39 is 33.6 Å². The lowest BCUT2D eigenvalue weighted by molar-refractivity contribution is -0.119. The topological polar surface area (TPSA) is 129 Å². The first-order valence-electron chi connectivity index (χ1n) is 6.98. The van der Waals surface area contributed by atoms with Crippen LogP contribution < -0.4 is 10.5 Å². The van der Waals surface area contributed by atoms with Gasteiger partial charge in [0.25, 0.3) is 15.9 Å². The summed E-state index contributed by atoms with van der Waals surface area (Å²) in [6.45, 7) is 1.41. The van der Waals surface area contributed by atoms with E-state index in [4.69, 9.17) is 14.3 Å². The molecule has 0 radical (unpaired) electrons. The summed E-state index contributed by atoms with van der Waals surface area (Å²) in [7, 11) is -4.05. The van der Waals surface area contributed by atoms with Crippen molar-refractivity contribution in [3.63, 3.8) is 0 Å². The highest BCUT2D eigenvalue weighted by molar-refractivity contribution is 7.89. The summed E-state index contributed by atoms with van der Waals surface area (Å²) >= 11 is 0. The number of primary sulfonamides is 1. The highest BCUT2D eigenvalue weighted by atomic mass is 32.2. The lowest BCUT2D eigenvalue weighted by atomic mass is 10.1. The molecule has 0 unspecified atom stereocenters. The summed E-state index contributed by atoms with van der Waals surface area (Å²) in [5.74, 6) is -1.85. The second-order valence-corrected chi connectivity index (χ2v) is 6.29. The molecular formula is C15H16N2O6S. The van der Waals surface area contributed by atoms with E-state index in [0.29, 0.717) is 5.69 Å². The molecule has 9 heteroatoms. The highest BCUT2D eigenvalue weighted by Gasteiger charge is 2.19. The van der Waals surface area contributed by atoms with Crippen LogP contribution in [0, 0.1) is 0 Å². The Labute approximate surface area is 138 Å².